The molecule has 0 aliphatic carbocycles. The molecule has 0 aromatic carbocycles. The molecule has 7 nitrogen and oxygen atoms in total. The van der Waals surface area contributed by atoms with Crippen LogP contribution in [-0.2, 0) is 6.54 Å². The summed E-state index contributed by atoms with van der Waals surface area (Å²) in [5.74, 6) is 0.787. The van der Waals surface area contributed by atoms with Crippen LogP contribution in [-0.4, -0.2) is 27.2 Å². The van der Waals surface area contributed by atoms with Crippen LogP contribution in [0.3, 0.4) is 0 Å². The maximum Gasteiger partial charge on any atom is 0.229 e. The first-order valence-corrected chi connectivity index (χ1v) is 4.88. The SMILES string of the molecule is CNc1nc(Cl)nc(NCc2ccon2)n1. The highest BCUT2D eigenvalue weighted by Gasteiger charge is 2.04. The Morgan fingerprint density at radius 2 is 2.12 bits per heavy atom. The number of anilines is 2. The molecule has 2 aromatic rings. The standard InChI is InChI=1S/C8H9ClN6O/c1-10-7-12-6(9)13-8(14-7)11-4-5-2-3-16-15-5/h2-3H,4H2,1H3,(H2,10,11,12,13,14). The third-order valence-corrected chi connectivity index (χ3v) is 1.92. The average molecular weight is 241 g/mol. The molecular formula is C8H9ClN6O. The van der Waals surface area contributed by atoms with E-state index in [-0.39, 0.29) is 5.28 Å². The number of hydrogen-bond donors (Lipinski definition) is 2. The van der Waals surface area contributed by atoms with E-state index < -0.39 is 0 Å². The molecule has 2 N–H and O–H groups in total. The van der Waals surface area contributed by atoms with Gasteiger partial charge in [0.25, 0.3) is 0 Å². The summed E-state index contributed by atoms with van der Waals surface area (Å²) in [7, 11) is 1.70. The molecule has 2 rings (SSSR count). The number of rotatable bonds is 4. The van der Waals surface area contributed by atoms with Crippen molar-refractivity contribution in [2.45, 2.75) is 6.54 Å². The highest BCUT2D eigenvalue weighted by molar-refractivity contribution is 6.28. The molecular weight excluding hydrogens is 232 g/mol. The maximum absolute atomic E-state index is 5.71. The first-order chi connectivity index (χ1) is 7.78. The molecule has 0 bridgehead atoms. The lowest BCUT2D eigenvalue weighted by Crippen LogP contribution is -2.07. The summed E-state index contributed by atoms with van der Waals surface area (Å²) >= 11 is 5.71. The Balaban J connectivity index is 2.06. The molecule has 2 aromatic heterocycles. The van der Waals surface area contributed by atoms with Gasteiger partial charge in [-0.15, -0.1) is 0 Å². The molecule has 0 amide bonds. The number of aromatic nitrogens is 4. The molecule has 0 aliphatic heterocycles. The van der Waals surface area contributed by atoms with Crippen LogP contribution in [0.5, 0.6) is 0 Å². The zero-order valence-electron chi connectivity index (χ0n) is 8.44. The minimum absolute atomic E-state index is 0.127. The molecule has 8 heteroatoms. The molecule has 0 aliphatic rings. The van der Waals surface area contributed by atoms with Gasteiger partial charge in [0, 0.05) is 13.1 Å². The molecule has 2 heterocycles. The number of nitrogens with one attached hydrogen (secondary N) is 2. The van der Waals surface area contributed by atoms with E-state index in [2.05, 4.69) is 35.3 Å². The van der Waals surface area contributed by atoms with Crippen molar-refractivity contribution >= 4 is 23.5 Å². The number of hydrogen-bond acceptors (Lipinski definition) is 7. The lowest BCUT2D eigenvalue weighted by Gasteiger charge is -2.04. The van der Waals surface area contributed by atoms with Gasteiger partial charge in [-0.3, -0.25) is 0 Å². The quantitative estimate of drug-likeness (QED) is 0.829. The zero-order valence-corrected chi connectivity index (χ0v) is 9.19. The van der Waals surface area contributed by atoms with Crippen molar-refractivity contribution in [3.05, 3.63) is 23.3 Å². The molecule has 0 atom stereocenters. The van der Waals surface area contributed by atoms with Crippen LogP contribution in [0, 0.1) is 0 Å². The number of halogens is 1. The second-order valence-corrected chi connectivity index (χ2v) is 3.18. The van der Waals surface area contributed by atoms with Crippen molar-refractivity contribution < 1.29 is 4.52 Å². The molecule has 0 saturated heterocycles. The summed E-state index contributed by atoms with van der Waals surface area (Å²) in [5, 5.41) is 9.60. The van der Waals surface area contributed by atoms with E-state index in [4.69, 9.17) is 11.6 Å². The normalized spacial score (nSPS) is 10.1. The van der Waals surface area contributed by atoms with Gasteiger partial charge in [-0.25, -0.2) is 0 Å². The average Bonchev–Trinajstić information content (AvgIpc) is 2.78. The molecule has 0 saturated carbocycles. The minimum Gasteiger partial charge on any atom is -0.364 e. The summed E-state index contributed by atoms with van der Waals surface area (Å²) in [6.07, 6.45) is 1.50. The molecule has 0 spiro atoms. The van der Waals surface area contributed by atoms with Crippen molar-refractivity contribution in [2.75, 3.05) is 17.7 Å². The fourth-order valence-corrected chi connectivity index (χ4v) is 1.20. The topological polar surface area (TPSA) is 88.8 Å². The van der Waals surface area contributed by atoms with E-state index in [1.165, 1.54) is 6.26 Å². The lowest BCUT2D eigenvalue weighted by molar-refractivity contribution is 0.412. The summed E-state index contributed by atoms with van der Waals surface area (Å²) in [6.45, 7) is 0.458. The van der Waals surface area contributed by atoms with Crippen molar-refractivity contribution in [2.24, 2.45) is 0 Å². The van der Waals surface area contributed by atoms with Crippen LogP contribution in [0.15, 0.2) is 16.9 Å². The van der Waals surface area contributed by atoms with Gasteiger partial charge in [-0.05, 0) is 11.6 Å². The maximum atomic E-state index is 5.71. The fraction of sp³-hybridized carbons (Fsp3) is 0.250. The highest BCUT2D eigenvalue weighted by atomic mass is 35.5. The van der Waals surface area contributed by atoms with Crippen molar-refractivity contribution in [3.8, 4) is 0 Å². The van der Waals surface area contributed by atoms with Crippen LogP contribution in [0.4, 0.5) is 11.9 Å². The largest absolute Gasteiger partial charge is 0.364 e. The first-order valence-electron chi connectivity index (χ1n) is 4.50. The van der Waals surface area contributed by atoms with E-state index in [1.54, 1.807) is 13.1 Å². The second kappa shape index (κ2) is 4.75. The minimum atomic E-state index is 0.127. The number of nitrogens with zero attached hydrogens (tertiary/aromatic N) is 4. The second-order valence-electron chi connectivity index (χ2n) is 2.85. The van der Waals surface area contributed by atoms with Gasteiger partial charge in [-0.2, -0.15) is 15.0 Å². The predicted molar refractivity (Wildman–Crippen MR) is 58.2 cm³/mol. The van der Waals surface area contributed by atoms with Gasteiger partial charge in [0.1, 0.15) is 12.0 Å². The van der Waals surface area contributed by atoms with Crippen LogP contribution in [0.25, 0.3) is 0 Å². The van der Waals surface area contributed by atoms with E-state index in [9.17, 15) is 0 Å². The molecule has 0 unspecified atom stereocenters. The summed E-state index contributed by atoms with van der Waals surface area (Å²) in [6, 6.07) is 1.74. The van der Waals surface area contributed by atoms with E-state index in [0.29, 0.717) is 18.4 Å². The zero-order chi connectivity index (χ0) is 11.4. The summed E-state index contributed by atoms with van der Waals surface area (Å²) < 4.78 is 4.69. The molecule has 84 valence electrons. The van der Waals surface area contributed by atoms with E-state index >= 15 is 0 Å². The Labute approximate surface area is 96.2 Å². The molecule has 0 fully saturated rings. The third-order valence-electron chi connectivity index (χ3n) is 1.75. The molecule has 16 heavy (non-hydrogen) atoms. The summed E-state index contributed by atoms with van der Waals surface area (Å²) in [4.78, 5) is 11.8. The Morgan fingerprint density at radius 3 is 2.81 bits per heavy atom. The van der Waals surface area contributed by atoms with Crippen molar-refractivity contribution in [1.29, 1.82) is 0 Å². The lowest BCUT2D eigenvalue weighted by atomic mass is 10.4. The van der Waals surface area contributed by atoms with E-state index in [1.807, 2.05) is 0 Å². The van der Waals surface area contributed by atoms with Crippen LogP contribution >= 0.6 is 11.6 Å². The van der Waals surface area contributed by atoms with Gasteiger partial charge < -0.3 is 15.2 Å². The van der Waals surface area contributed by atoms with Gasteiger partial charge in [0.05, 0.1) is 6.54 Å². The highest BCUT2D eigenvalue weighted by Crippen LogP contribution is 2.09. The summed E-state index contributed by atoms with van der Waals surface area (Å²) in [5.41, 5.74) is 0.752. The van der Waals surface area contributed by atoms with Gasteiger partial charge >= 0.3 is 0 Å². The van der Waals surface area contributed by atoms with Gasteiger partial charge in [0.2, 0.25) is 17.2 Å². The van der Waals surface area contributed by atoms with Crippen molar-refractivity contribution in [1.82, 2.24) is 20.1 Å². The monoisotopic (exact) mass is 240 g/mol. The predicted octanol–water partition coefficient (Wildman–Crippen LogP) is 1.17. The Bertz CT molecular complexity index is 460. The van der Waals surface area contributed by atoms with Gasteiger partial charge in [0.15, 0.2) is 0 Å². The van der Waals surface area contributed by atoms with Crippen molar-refractivity contribution in [3.63, 3.8) is 0 Å². The Morgan fingerprint density at radius 1 is 1.31 bits per heavy atom. The van der Waals surface area contributed by atoms with Crippen LogP contribution in [0.1, 0.15) is 5.69 Å². The smallest absolute Gasteiger partial charge is 0.229 e. The third kappa shape index (κ3) is 2.57. The van der Waals surface area contributed by atoms with Crippen LogP contribution in [0.2, 0.25) is 5.28 Å². The van der Waals surface area contributed by atoms with Crippen LogP contribution < -0.4 is 10.6 Å². The Kier molecular flexibility index (Phi) is 3.16. The molecule has 0 radical (unpaired) electrons. The van der Waals surface area contributed by atoms with Gasteiger partial charge in [-0.1, -0.05) is 5.16 Å². The Hall–Kier alpha value is -1.89. The fourth-order valence-electron chi connectivity index (χ4n) is 1.04. The van der Waals surface area contributed by atoms with E-state index in [0.717, 1.165) is 5.69 Å². The first kappa shape index (κ1) is 10.6.